The number of rotatable bonds is 3. The molecule has 0 aliphatic heterocycles. The van der Waals surface area contributed by atoms with Crippen LogP contribution >= 0.6 is 12.4 Å². The minimum Gasteiger partial charge on any atom is -0.466 e. The Labute approximate surface area is 79.1 Å². The highest BCUT2D eigenvalue weighted by Gasteiger charge is 2.27. The van der Waals surface area contributed by atoms with Crippen LogP contribution in [0.2, 0.25) is 0 Å². The number of ether oxygens (including phenoxy) is 1. The molecule has 0 radical (unpaired) electrons. The molecule has 1 aliphatic carbocycles. The fourth-order valence-electron chi connectivity index (χ4n) is 1.41. The van der Waals surface area contributed by atoms with Crippen LogP contribution in [0.1, 0.15) is 26.2 Å². The van der Waals surface area contributed by atoms with E-state index in [9.17, 15) is 4.79 Å². The molecular weight excluding hydrogens is 178 g/mol. The van der Waals surface area contributed by atoms with Gasteiger partial charge in [0.15, 0.2) is 0 Å². The molecule has 12 heavy (non-hydrogen) atoms. The van der Waals surface area contributed by atoms with E-state index in [1.165, 1.54) is 0 Å². The van der Waals surface area contributed by atoms with Gasteiger partial charge in [-0.1, -0.05) is 0 Å². The molecule has 0 spiro atoms. The van der Waals surface area contributed by atoms with Crippen molar-refractivity contribution in [1.82, 2.24) is 0 Å². The standard InChI is InChI=1S/C8H15NO2.ClH/c1-2-11-8(10)5-6-3-7(9)4-6;/h6-7H,2-5,9H2,1H3;1H. The Morgan fingerprint density at radius 2 is 2.17 bits per heavy atom. The van der Waals surface area contributed by atoms with Crippen molar-refractivity contribution in [2.45, 2.75) is 32.2 Å². The molecule has 0 unspecified atom stereocenters. The lowest BCUT2D eigenvalue weighted by molar-refractivity contribution is -0.145. The fourth-order valence-corrected chi connectivity index (χ4v) is 1.41. The SMILES string of the molecule is CCOC(=O)CC1CC(N)C1.Cl. The van der Waals surface area contributed by atoms with E-state index in [2.05, 4.69) is 0 Å². The summed E-state index contributed by atoms with van der Waals surface area (Å²) in [4.78, 5) is 10.9. The van der Waals surface area contributed by atoms with Gasteiger partial charge in [0, 0.05) is 12.5 Å². The second-order valence-corrected chi connectivity index (χ2v) is 3.11. The first-order chi connectivity index (χ1) is 5.22. The van der Waals surface area contributed by atoms with Crippen molar-refractivity contribution in [3.8, 4) is 0 Å². The third kappa shape index (κ3) is 3.41. The number of nitrogens with two attached hydrogens (primary N) is 1. The van der Waals surface area contributed by atoms with Crippen LogP contribution in [-0.4, -0.2) is 18.6 Å². The third-order valence-electron chi connectivity index (χ3n) is 2.03. The lowest BCUT2D eigenvalue weighted by Crippen LogP contribution is -2.37. The van der Waals surface area contributed by atoms with Gasteiger partial charge in [-0.15, -0.1) is 12.4 Å². The van der Waals surface area contributed by atoms with Gasteiger partial charge in [-0.3, -0.25) is 4.79 Å². The van der Waals surface area contributed by atoms with E-state index in [-0.39, 0.29) is 18.4 Å². The smallest absolute Gasteiger partial charge is 0.306 e. The molecule has 72 valence electrons. The average Bonchev–Trinajstić information content (AvgIpc) is 1.85. The fraction of sp³-hybridized carbons (Fsp3) is 0.875. The van der Waals surface area contributed by atoms with Crippen molar-refractivity contribution in [1.29, 1.82) is 0 Å². The predicted octanol–water partition coefficient (Wildman–Crippen LogP) is 1.10. The van der Waals surface area contributed by atoms with E-state index in [1.807, 2.05) is 6.92 Å². The topological polar surface area (TPSA) is 52.3 Å². The van der Waals surface area contributed by atoms with Crippen LogP contribution in [0, 0.1) is 5.92 Å². The van der Waals surface area contributed by atoms with Gasteiger partial charge in [0.25, 0.3) is 0 Å². The predicted molar refractivity (Wildman–Crippen MR) is 49.2 cm³/mol. The van der Waals surface area contributed by atoms with Gasteiger partial charge < -0.3 is 10.5 Å². The van der Waals surface area contributed by atoms with Crippen molar-refractivity contribution in [3.05, 3.63) is 0 Å². The number of hydrogen-bond donors (Lipinski definition) is 1. The van der Waals surface area contributed by atoms with E-state index in [0.29, 0.717) is 25.0 Å². The monoisotopic (exact) mass is 193 g/mol. The van der Waals surface area contributed by atoms with Crippen LogP contribution in [0.3, 0.4) is 0 Å². The number of carbonyl (C=O) groups is 1. The zero-order chi connectivity index (χ0) is 8.27. The summed E-state index contributed by atoms with van der Waals surface area (Å²) in [7, 11) is 0. The molecule has 2 N–H and O–H groups in total. The zero-order valence-electron chi connectivity index (χ0n) is 7.29. The van der Waals surface area contributed by atoms with Gasteiger partial charge in [-0.2, -0.15) is 0 Å². The van der Waals surface area contributed by atoms with E-state index in [1.54, 1.807) is 0 Å². The largest absolute Gasteiger partial charge is 0.466 e. The van der Waals surface area contributed by atoms with Crippen molar-refractivity contribution < 1.29 is 9.53 Å². The summed E-state index contributed by atoms with van der Waals surface area (Å²) in [5.74, 6) is 0.411. The molecule has 1 aliphatic rings. The van der Waals surface area contributed by atoms with Crippen molar-refractivity contribution >= 4 is 18.4 Å². The molecular formula is C8H16ClNO2. The van der Waals surface area contributed by atoms with Crippen LogP contribution in [0.25, 0.3) is 0 Å². The van der Waals surface area contributed by atoms with Gasteiger partial charge >= 0.3 is 5.97 Å². The van der Waals surface area contributed by atoms with Crippen molar-refractivity contribution in [2.75, 3.05) is 6.61 Å². The molecule has 1 rings (SSSR count). The lowest BCUT2D eigenvalue weighted by Gasteiger charge is -2.31. The van der Waals surface area contributed by atoms with Crippen molar-refractivity contribution in [3.63, 3.8) is 0 Å². The molecule has 0 amide bonds. The first kappa shape index (κ1) is 11.7. The number of halogens is 1. The summed E-state index contributed by atoms with van der Waals surface area (Å²) in [6, 6.07) is 0.328. The Balaban J connectivity index is 0.00000121. The summed E-state index contributed by atoms with van der Waals surface area (Å²) in [6.45, 7) is 2.31. The average molecular weight is 194 g/mol. The molecule has 0 heterocycles. The maximum atomic E-state index is 10.9. The Hall–Kier alpha value is -0.280. The molecule has 0 aromatic carbocycles. The number of hydrogen-bond acceptors (Lipinski definition) is 3. The summed E-state index contributed by atoms with van der Waals surface area (Å²) >= 11 is 0. The summed E-state index contributed by atoms with van der Waals surface area (Å²) in [5.41, 5.74) is 5.57. The molecule has 1 saturated carbocycles. The van der Waals surface area contributed by atoms with E-state index >= 15 is 0 Å². The van der Waals surface area contributed by atoms with E-state index < -0.39 is 0 Å². The van der Waals surface area contributed by atoms with Crippen LogP contribution in [0.5, 0.6) is 0 Å². The van der Waals surface area contributed by atoms with Gasteiger partial charge in [-0.05, 0) is 25.7 Å². The number of esters is 1. The first-order valence-corrected chi connectivity index (χ1v) is 4.13. The van der Waals surface area contributed by atoms with Gasteiger partial charge in [0.05, 0.1) is 6.61 Å². The highest BCUT2D eigenvalue weighted by Crippen LogP contribution is 2.28. The second-order valence-electron chi connectivity index (χ2n) is 3.11. The lowest BCUT2D eigenvalue weighted by atomic mass is 9.79. The maximum absolute atomic E-state index is 10.9. The Morgan fingerprint density at radius 1 is 1.58 bits per heavy atom. The minimum atomic E-state index is -0.0793. The van der Waals surface area contributed by atoms with Crippen LogP contribution in [0.15, 0.2) is 0 Å². The normalized spacial score (nSPS) is 26.8. The van der Waals surface area contributed by atoms with Gasteiger partial charge in [0.2, 0.25) is 0 Å². The molecule has 0 atom stereocenters. The zero-order valence-corrected chi connectivity index (χ0v) is 8.10. The van der Waals surface area contributed by atoms with E-state index in [0.717, 1.165) is 12.8 Å². The summed E-state index contributed by atoms with van der Waals surface area (Å²) in [5, 5.41) is 0. The molecule has 0 bridgehead atoms. The summed E-state index contributed by atoms with van der Waals surface area (Å²) in [6.07, 6.45) is 2.53. The molecule has 4 heteroatoms. The van der Waals surface area contributed by atoms with Crippen LogP contribution in [-0.2, 0) is 9.53 Å². The first-order valence-electron chi connectivity index (χ1n) is 4.13. The second kappa shape index (κ2) is 5.38. The Morgan fingerprint density at radius 3 is 2.58 bits per heavy atom. The molecule has 0 aromatic heterocycles. The highest BCUT2D eigenvalue weighted by atomic mass is 35.5. The Bertz CT molecular complexity index is 146. The minimum absolute atomic E-state index is 0. The molecule has 3 nitrogen and oxygen atoms in total. The highest BCUT2D eigenvalue weighted by molar-refractivity contribution is 5.85. The van der Waals surface area contributed by atoms with Gasteiger partial charge in [0.1, 0.15) is 0 Å². The number of carbonyl (C=O) groups excluding carboxylic acids is 1. The maximum Gasteiger partial charge on any atom is 0.306 e. The molecule has 0 aromatic rings. The van der Waals surface area contributed by atoms with E-state index in [4.69, 9.17) is 10.5 Å². The van der Waals surface area contributed by atoms with Crippen molar-refractivity contribution in [2.24, 2.45) is 11.7 Å². The molecule has 1 fully saturated rings. The summed E-state index contributed by atoms with van der Waals surface area (Å²) < 4.78 is 4.80. The quantitative estimate of drug-likeness (QED) is 0.683. The van der Waals surface area contributed by atoms with Gasteiger partial charge in [-0.25, -0.2) is 0 Å². The Kier molecular flexibility index (Phi) is 5.25. The third-order valence-corrected chi connectivity index (χ3v) is 2.03. The van der Waals surface area contributed by atoms with Crippen LogP contribution in [0.4, 0.5) is 0 Å². The van der Waals surface area contributed by atoms with Crippen LogP contribution < -0.4 is 5.73 Å². The molecule has 0 saturated heterocycles.